The summed E-state index contributed by atoms with van der Waals surface area (Å²) in [5, 5.41) is 5.21. The second-order valence-corrected chi connectivity index (χ2v) is 9.44. The maximum atomic E-state index is 6.31. The van der Waals surface area contributed by atoms with Crippen LogP contribution in [0.1, 0.15) is 60.4 Å². The van der Waals surface area contributed by atoms with E-state index in [2.05, 4.69) is 57.9 Å². The van der Waals surface area contributed by atoms with Crippen LogP contribution in [0.2, 0.25) is 5.02 Å². The molecule has 2 fully saturated rings. The Kier molecular flexibility index (Phi) is 5.49. The average molecular weight is 451 g/mol. The number of nitrogens with zero attached hydrogens (tertiary/aromatic N) is 3. The standard InChI is InChI=1S/C25H27ClN4S/c1-16-14-21(17(2)29(16)20-11-7-8-18(26)15-20)24-23(22-12-5-6-13-27-22)28-25(31)30(24)19-9-3-4-10-19/h5-8,11-15,19,23-24H,3-4,9-10H2,1-2H3,(H,28,31)/t23-,24-/m0/s1. The van der Waals surface area contributed by atoms with Gasteiger partial charge in [0.1, 0.15) is 0 Å². The topological polar surface area (TPSA) is 33.1 Å². The summed E-state index contributed by atoms with van der Waals surface area (Å²) < 4.78 is 2.30. The molecule has 1 saturated carbocycles. The van der Waals surface area contributed by atoms with Gasteiger partial charge >= 0.3 is 0 Å². The monoisotopic (exact) mass is 450 g/mol. The molecule has 2 aromatic heterocycles. The van der Waals surface area contributed by atoms with Crippen molar-refractivity contribution in [3.8, 4) is 5.69 Å². The van der Waals surface area contributed by atoms with Gasteiger partial charge in [-0.3, -0.25) is 4.98 Å². The second-order valence-electron chi connectivity index (χ2n) is 8.61. The molecule has 31 heavy (non-hydrogen) atoms. The zero-order valence-corrected chi connectivity index (χ0v) is 19.5. The number of aryl methyl sites for hydroxylation is 1. The van der Waals surface area contributed by atoms with E-state index in [0.29, 0.717) is 6.04 Å². The van der Waals surface area contributed by atoms with Gasteiger partial charge in [-0.1, -0.05) is 36.6 Å². The van der Waals surface area contributed by atoms with Crippen LogP contribution in [0.15, 0.2) is 54.7 Å². The molecule has 0 spiro atoms. The Labute approximate surface area is 194 Å². The molecule has 1 aliphatic carbocycles. The summed E-state index contributed by atoms with van der Waals surface area (Å²) in [6.07, 6.45) is 6.80. The highest BCUT2D eigenvalue weighted by Crippen LogP contribution is 2.44. The molecule has 1 aliphatic heterocycles. The Hall–Kier alpha value is -2.37. The molecule has 5 rings (SSSR count). The van der Waals surface area contributed by atoms with Crippen molar-refractivity contribution in [3.63, 3.8) is 0 Å². The number of nitrogens with one attached hydrogen (secondary N) is 1. The summed E-state index contributed by atoms with van der Waals surface area (Å²) in [6.45, 7) is 4.36. The lowest BCUT2D eigenvalue weighted by atomic mass is 9.95. The highest BCUT2D eigenvalue weighted by Gasteiger charge is 2.44. The number of pyridine rings is 1. The number of aromatic nitrogens is 2. The predicted molar refractivity (Wildman–Crippen MR) is 130 cm³/mol. The van der Waals surface area contributed by atoms with Gasteiger partial charge in [0.25, 0.3) is 0 Å². The lowest BCUT2D eigenvalue weighted by Gasteiger charge is -2.33. The molecule has 6 heteroatoms. The van der Waals surface area contributed by atoms with Gasteiger partial charge in [-0.2, -0.15) is 0 Å². The molecule has 0 bridgehead atoms. The number of halogens is 1. The van der Waals surface area contributed by atoms with E-state index in [1.54, 1.807) is 0 Å². The fraction of sp³-hybridized carbons (Fsp3) is 0.360. The highest BCUT2D eigenvalue weighted by atomic mass is 35.5. The van der Waals surface area contributed by atoms with Crippen LogP contribution >= 0.6 is 23.8 Å². The number of hydrogen-bond acceptors (Lipinski definition) is 2. The van der Waals surface area contributed by atoms with Gasteiger partial charge in [-0.15, -0.1) is 0 Å². The predicted octanol–water partition coefficient (Wildman–Crippen LogP) is 6.06. The molecule has 1 saturated heterocycles. The minimum atomic E-state index is 0.0302. The fourth-order valence-corrected chi connectivity index (χ4v) is 5.95. The Morgan fingerprint density at radius 1 is 1.06 bits per heavy atom. The third kappa shape index (κ3) is 3.64. The van der Waals surface area contributed by atoms with E-state index in [0.717, 1.165) is 21.5 Å². The molecule has 1 N–H and O–H groups in total. The third-order valence-corrected chi connectivity index (χ3v) is 7.27. The van der Waals surface area contributed by atoms with Crippen molar-refractivity contribution in [1.29, 1.82) is 0 Å². The van der Waals surface area contributed by atoms with Crippen LogP contribution < -0.4 is 5.32 Å². The van der Waals surface area contributed by atoms with Crippen molar-refractivity contribution in [3.05, 3.63) is 82.4 Å². The first-order valence-corrected chi connectivity index (χ1v) is 11.8. The van der Waals surface area contributed by atoms with E-state index in [1.165, 1.54) is 42.6 Å². The number of thiocarbonyl (C=S) groups is 1. The van der Waals surface area contributed by atoms with Gasteiger partial charge < -0.3 is 14.8 Å². The van der Waals surface area contributed by atoms with Crippen molar-refractivity contribution in [2.45, 2.75) is 57.7 Å². The highest BCUT2D eigenvalue weighted by molar-refractivity contribution is 7.80. The smallest absolute Gasteiger partial charge is 0.170 e. The average Bonchev–Trinajstić information content (AvgIpc) is 3.46. The van der Waals surface area contributed by atoms with Crippen LogP contribution in [0, 0.1) is 13.8 Å². The fourth-order valence-electron chi connectivity index (χ4n) is 5.37. The normalized spacial score (nSPS) is 21.6. The summed E-state index contributed by atoms with van der Waals surface area (Å²) in [5.74, 6) is 0. The maximum Gasteiger partial charge on any atom is 0.170 e. The molecule has 160 valence electrons. The number of benzene rings is 1. The van der Waals surface area contributed by atoms with E-state index in [9.17, 15) is 0 Å². The minimum absolute atomic E-state index is 0.0302. The molecule has 3 heterocycles. The van der Waals surface area contributed by atoms with Crippen molar-refractivity contribution in [2.75, 3.05) is 0 Å². The summed E-state index contributed by atoms with van der Waals surface area (Å²) in [5.41, 5.74) is 5.83. The molecule has 1 aromatic carbocycles. The SMILES string of the molecule is Cc1cc([C@H]2[C@H](c3ccccn3)NC(=S)N2C2CCCC2)c(C)n1-c1cccc(Cl)c1. The second kappa shape index (κ2) is 8.29. The number of rotatable bonds is 4. The Balaban J connectivity index is 1.64. The molecular formula is C25H27ClN4S. The number of hydrogen-bond donors (Lipinski definition) is 1. The van der Waals surface area contributed by atoms with Gasteiger partial charge in [-0.05, 0) is 80.9 Å². The lowest BCUT2D eigenvalue weighted by Crippen LogP contribution is -2.37. The van der Waals surface area contributed by atoms with E-state index in [1.807, 2.05) is 30.5 Å². The van der Waals surface area contributed by atoms with Crippen molar-refractivity contribution in [2.24, 2.45) is 0 Å². The Morgan fingerprint density at radius 2 is 1.87 bits per heavy atom. The van der Waals surface area contributed by atoms with Crippen LogP contribution in [-0.4, -0.2) is 25.6 Å². The van der Waals surface area contributed by atoms with Crippen LogP contribution in [0.3, 0.4) is 0 Å². The first-order chi connectivity index (χ1) is 15.0. The van der Waals surface area contributed by atoms with Crippen molar-refractivity contribution < 1.29 is 0 Å². The third-order valence-electron chi connectivity index (χ3n) is 6.71. The first kappa shape index (κ1) is 20.5. The van der Waals surface area contributed by atoms with Gasteiger partial charge in [0.05, 0.1) is 17.8 Å². The van der Waals surface area contributed by atoms with Gasteiger partial charge in [0.15, 0.2) is 5.11 Å². The van der Waals surface area contributed by atoms with Crippen molar-refractivity contribution in [1.82, 2.24) is 19.8 Å². The van der Waals surface area contributed by atoms with Crippen LogP contribution in [-0.2, 0) is 0 Å². The maximum absolute atomic E-state index is 6.31. The zero-order valence-electron chi connectivity index (χ0n) is 17.9. The molecule has 2 aliphatic rings. The van der Waals surface area contributed by atoms with E-state index >= 15 is 0 Å². The Bertz CT molecular complexity index is 1100. The molecule has 4 nitrogen and oxygen atoms in total. The van der Waals surface area contributed by atoms with Gasteiger partial charge in [-0.25, -0.2) is 0 Å². The van der Waals surface area contributed by atoms with Crippen LogP contribution in [0.25, 0.3) is 5.69 Å². The lowest BCUT2D eigenvalue weighted by molar-refractivity contribution is 0.245. The van der Waals surface area contributed by atoms with Gasteiger partial charge in [0, 0.05) is 34.3 Å². The Morgan fingerprint density at radius 3 is 2.58 bits per heavy atom. The first-order valence-electron chi connectivity index (χ1n) is 11.0. The summed E-state index contributed by atoms with van der Waals surface area (Å²) in [4.78, 5) is 7.15. The molecule has 2 atom stereocenters. The quantitative estimate of drug-likeness (QED) is 0.490. The molecule has 0 unspecified atom stereocenters. The molecule has 0 radical (unpaired) electrons. The van der Waals surface area contributed by atoms with Crippen molar-refractivity contribution >= 4 is 28.9 Å². The van der Waals surface area contributed by atoms with E-state index in [4.69, 9.17) is 23.8 Å². The molecular weight excluding hydrogens is 424 g/mol. The zero-order chi connectivity index (χ0) is 21.5. The summed E-state index contributed by atoms with van der Waals surface area (Å²) >= 11 is 12.2. The molecule has 0 amide bonds. The molecule has 3 aromatic rings. The summed E-state index contributed by atoms with van der Waals surface area (Å²) in [6, 6.07) is 17.1. The van der Waals surface area contributed by atoms with Crippen LogP contribution in [0.5, 0.6) is 0 Å². The minimum Gasteiger partial charge on any atom is -0.352 e. The summed E-state index contributed by atoms with van der Waals surface area (Å²) in [7, 11) is 0. The van der Waals surface area contributed by atoms with E-state index in [-0.39, 0.29) is 12.1 Å². The van der Waals surface area contributed by atoms with Crippen LogP contribution in [0.4, 0.5) is 0 Å². The van der Waals surface area contributed by atoms with Gasteiger partial charge in [0.2, 0.25) is 0 Å². The van der Waals surface area contributed by atoms with E-state index < -0.39 is 0 Å². The largest absolute Gasteiger partial charge is 0.352 e.